The van der Waals surface area contributed by atoms with Crippen LogP contribution < -0.4 is 5.73 Å². The van der Waals surface area contributed by atoms with E-state index in [9.17, 15) is 4.39 Å². The third-order valence-electron chi connectivity index (χ3n) is 3.10. The Labute approximate surface area is 108 Å². The molecule has 0 saturated carbocycles. The predicted octanol–water partition coefficient (Wildman–Crippen LogP) is 2.70. The first-order chi connectivity index (χ1) is 8.72. The highest BCUT2D eigenvalue weighted by molar-refractivity contribution is 7.99. The predicted molar refractivity (Wildman–Crippen MR) is 68.7 cm³/mol. The average Bonchev–Trinajstić information content (AvgIpc) is 2.76. The Morgan fingerprint density at radius 1 is 1.44 bits per heavy atom. The first-order valence-corrected chi connectivity index (χ1v) is 6.73. The Balaban J connectivity index is 1.88. The molecule has 3 N–H and O–H groups in total. The van der Waals surface area contributed by atoms with Gasteiger partial charge >= 0.3 is 0 Å². The second-order valence-corrected chi connectivity index (χ2v) is 5.51. The molecule has 1 aromatic heterocycles. The molecule has 94 valence electrons. The van der Waals surface area contributed by atoms with Crippen LogP contribution in [0.1, 0.15) is 29.2 Å². The number of nitrogens with zero attached hydrogens (tertiary/aromatic N) is 2. The summed E-state index contributed by atoms with van der Waals surface area (Å²) in [6.45, 7) is 0. The zero-order chi connectivity index (χ0) is 12.5. The minimum absolute atomic E-state index is 0.184. The summed E-state index contributed by atoms with van der Waals surface area (Å²) in [5, 5.41) is 7.46. The fraction of sp³-hybridized carbons (Fsp3) is 0.333. The van der Waals surface area contributed by atoms with Gasteiger partial charge in [-0.15, -0.1) is 5.10 Å². The standard InChI is InChI=1S/C12H13FN4S/c13-8-5-4-7-2-1-3-10(9(7)6-8)18-12-15-11(14)16-17-12/h4-6,10H,1-3H2,(H3,14,15,16,17)/t10-/m1/s1. The fourth-order valence-electron chi connectivity index (χ4n) is 2.29. The van der Waals surface area contributed by atoms with Crippen molar-refractivity contribution >= 4 is 17.7 Å². The zero-order valence-electron chi connectivity index (χ0n) is 9.69. The summed E-state index contributed by atoms with van der Waals surface area (Å²) >= 11 is 1.54. The van der Waals surface area contributed by atoms with Gasteiger partial charge in [-0.2, -0.15) is 4.98 Å². The second-order valence-electron chi connectivity index (χ2n) is 4.35. The normalized spacial score (nSPS) is 18.6. The highest BCUT2D eigenvalue weighted by atomic mass is 32.2. The number of aromatic amines is 1. The number of thioether (sulfide) groups is 1. The van der Waals surface area contributed by atoms with E-state index in [1.165, 1.54) is 23.4 Å². The number of nitrogens with two attached hydrogens (primary N) is 1. The van der Waals surface area contributed by atoms with Crippen LogP contribution in [0.3, 0.4) is 0 Å². The number of nitrogen functional groups attached to an aromatic ring is 1. The van der Waals surface area contributed by atoms with E-state index in [-0.39, 0.29) is 11.1 Å². The van der Waals surface area contributed by atoms with E-state index in [0.717, 1.165) is 24.8 Å². The van der Waals surface area contributed by atoms with Gasteiger partial charge in [0, 0.05) is 5.25 Å². The number of anilines is 1. The molecule has 1 atom stereocenters. The molecule has 4 nitrogen and oxygen atoms in total. The number of rotatable bonds is 2. The highest BCUT2D eigenvalue weighted by Gasteiger charge is 2.23. The number of fused-ring (bicyclic) bond motifs is 1. The van der Waals surface area contributed by atoms with Crippen LogP contribution in [0.5, 0.6) is 0 Å². The number of H-pyrrole nitrogens is 1. The molecule has 0 amide bonds. The van der Waals surface area contributed by atoms with Crippen LogP contribution in [-0.4, -0.2) is 15.2 Å². The van der Waals surface area contributed by atoms with E-state index >= 15 is 0 Å². The van der Waals surface area contributed by atoms with Crippen LogP contribution in [0.4, 0.5) is 10.3 Å². The van der Waals surface area contributed by atoms with Crippen molar-refractivity contribution in [3.05, 3.63) is 35.1 Å². The minimum atomic E-state index is -0.184. The van der Waals surface area contributed by atoms with Gasteiger partial charge in [-0.1, -0.05) is 17.8 Å². The van der Waals surface area contributed by atoms with Crippen LogP contribution in [0.15, 0.2) is 23.4 Å². The summed E-state index contributed by atoms with van der Waals surface area (Å²) in [7, 11) is 0. The van der Waals surface area contributed by atoms with Gasteiger partial charge in [-0.05, 0) is 42.5 Å². The van der Waals surface area contributed by atoms with Gasteiger partial charge in [0.05, 0.1) is 0 Å². The molecule has 3 rings (SSSR count). The molecule has 0 fully saturated rings. The minimum Gasteiger partial charge on any atom is -0.368 e. The van der Waals surface area contributed by atoms with E-state index in [4.69, 9.17) is 5.73 Å². The van der Waals surface area contributed by atoms with Gasteiger partial charge in [-0.25, -0.2) is 9.49 Å². The Hall–Kier alpha value is -1.56. The van der Waals surface area contributed by atoms with Crippen molar-refractivity contribution in [1.82, 2.24) is 15.2 Å². The lowest BCUT2D eigenvalue weighted by molar-refractivity contribution is 0.611. The molecular formula is C12H13FN4S. The van der Waals surface area contributed by atoms with Crippen LogP contribution in [0, 0.1) is 5.82 Å². The Bertz CT molecular complexity index is 569. The fourth-order valence-corrected chi connectivity index (χ4v) is 3.42. The molecule has 0 aliphatic heterocycles. The second kappa shape index (κ2) is 4.61. The highest BCUT2D eigenvalue weighted by Crippen LogP contribution is 2.42. The summed E-state index contributed by atoms with van der Waals surface area (Å²) in [5.74, 6) is 0.128. The third-order valence-corrected chi connectivity index (χ3v) is 4.26. The van der Waals surface area contributed by atoms with Crippen molar-refractivity contribution in [2.24, 2.45) is 0 Å². The molecule has 1 heterocycles. The zero-order valence-corrected chi connectivity index (χ0v) is 10.5. The Morgan fingerprint density at radius 2 is 2.33 bits per heavy atom. The molecule has 0 radical (unpaired) electrons. The van der Waals surface area contributed by atoms with Crippen LogP contribution >= 0.6 is 11.8 Å². The van der Waals surface area contributed by atoms with Crippen LogP contribution in [0.2, 0.25) is 0 Å². The molecule has 1 aliphatic carbocycles. The van der Waals surface area contributed by atoms with E-state index in [1.807, 2.05) is 6.07 Å². The van der Waals surface area contributed by atoms with Crippen molar-refractivity contribution in [3.8, 4) is 0 Å². The maximum atomic E-state index is 13.3. The molecule has 1 aromatic carbocycles. The lowest BCUT2D eigenvalue weighted by atomic mass is 9.91. The molecule has 1 aliphatic rings. The number of hydrogen-bond donors (Lipinski definition) is 2. The maximum absolute atomic E-state index is 13.3. The third kappa shape index (κ3) is 2.20. The lowest BCUT2D eigenvalue weighted by Crippen LogP contribution is -2.07. The molecule has 2 aromatic rings. The number of aromatic nitrogens is 3. The summed E-state index contributed by atoms with van der Waals surface area (Å²) in [6.07, 6.45) is 3.13. The molecule has 18 heavy (non-hydrogen) atoms. The summed E-state index contributed by atoms with van der Waals surface area (Å²) in [6, 6.07) is 5.03. The Kier molecular flexibility index (Phi) is 2.95. The molecular weight excluding hydrogens is 251 g/mol. The number of hydrogen-bond acceptors (Lipinski definition) is 4. The van der Waals surface area contributed by atoms with E-state index in [1.54, 1.807) is 6.07 Å². The molecule has 0 unspecified atom stereocenters. The molecule has 6 heteroatoms. The van der Waals surface area contributed by atoms with Crippen molar-refractivity contribution in [1.29, 1.82) is 0 Å². The largest absolute Gasteiger partial charge is 0.368 e. The number of halogens is 1. The molecule has 0 saturated heterocycles. The number of nitrogens with one attached hydrogen (secondary N) is 1. The van der Waals surface area contributed by atoms with Crippen molar-refractivity contribution in [2.45, 2.75) is 29.7 Å². The monoisotopic (exact) mass is 264 g/mol. The number of aryl methyl sites for hydroxylation is 1. The number of benzene rings is 1. The Morgan fingerprint density at radius 3 is 3.11 bits per heavy atom. The van der Waals surface area contributed by atoms with E-state index in [2.05, 4.69) is 15.2 Å². The first kappa shape index (κ1) is 11.5. The van der Waals surface area contributed by atoms with Crippen molar-refractivity contribution < 1.29 is 4.39 Å². The van der Waals surface area contributed by atoms with Gasteiger partial charge in [-0.3, -0.25) is 0 Å². The van der Waals surface area contributed by atoms with Gasteiger partial charge in [0.15, 0.2) is 0 Å². The van der Waals surface area contributed by atoms with Gasteiger partial charge in [0.2, 0.25) is 11.1 Å². The quantitative estimate of drug-likeness (QED) is 0.875. The van der Waals surface area contributed by atoms with Gasteiger partial charge in [0.1, 0.15) is 5.82 Å². The summed E-state index contributed by atoms with van der Waals surface area (Å²) in [5.41, 5.74) is 7.79. The summed E-state index contributed by atoms with van der Waals surface area (Å²) in [4.78, 5) is 4.08. The van der Waals surface area contributed by atoms with Gasteiger partial charge < -0.3 is 5.73 Å². The maximum Gasteiger partial charge on any atom is 0.216 e. The SMILES string of the molecule is Nc1nc(S[C@@H]2CCCc3ccc(F)cc32)n[nH]1. The smallest absolute Gasteiger partial charge is 0.216 e. The van der Waals surface area contributed by atoms with Crippen molar-refractivity contribution in [3.63, 3.8) is 0 Å². The summed E-state index contributed by atoms with van der Waals surface area (Å²) < 4.78 is 13.3. The van der Waals surface area contributed by atoms with Crippen LogP contribution in [0.25, 0.3) is 0 Å². The van der Waals surface area contributed by atoms with Gasteiger partial charge in [0.25, 0.3) is 0 Å². The first-order valence-electron chi connectivity index (χ1n) is 5.85. The van der Waals surface area contributed by atoms with Crippen LogP contribution in [-0.2, 0) is 6.42 Å². The average molecular weight is 264 g/mol. The lowest BCUT2D eigenvalue weighted by Gasteiger charge is -2.23. The molecule has 0 bridgehead atoms. The van der Waals surface area contributed by atoms with E-state index < -0.39 is 0 Å². The topological polar surface area (TPSA) is 67.6 Å². The van der Waals surface area contributed by atoms with Crippen molar-refractivity contribution in [2.75, 3.05) is 5.73 Å². The van der Waals surface area contributed by atoms with E-state index in [0.29, 0.717) is 11.1 Å². The molecule has 0 spiro atoms.